The topological polar surface area (TPSA) is 27.3 Å². The monoisotopic (exact) mass is 595 g/mol. The van der Waals surface area contributed by atoms with Crippen molar-refractivity contribution in [1.29, 1.82) is 0 Å². The number of allylic oxidation sites excluding steroid dienone is 1. The second kappa shape index (κ2) is 13.1. The van der Waals surface area contributed by atoms with E-state index in [9.17, 15) is 0 Å². The van der Waals surface area contributed by atoms with Gasteiger partial charge in [0.05, 0.1) is 30.0 Å². The van der Waals surface area contributed by atoms with Crippen LogP contribution in [-0.4, -0.2) is 24.4 Å². The molecule has 0 saturated heterocycles. The minimum absolute atomic E-state index is 0.0455. The van der Waals surface area contributed by atoms with Gasteiger partial charge in [0, 0.05) is 55.3 Å². The Morgan fingerprint density at radius 2 is 1.64 bits per heavy atom. The Kier molecular flexibility index (Phi) is 9.61. The van der Waals surface area contributed by atoms with Crippen molar-refractivity contribution in [3.8, 4) is 11.3 Å². The van der Waals surface area contributed by atoms with E-state index in [2.05, 4.69) is 131 Å². The maximum atomic E-state index is 6.81. The van der Waals surface area contributed by atoms with Crippen molar-refractivity contribution in [1.82, 2.24) is 4.57 Å². The van der Waals surface area contributed by atoms with E-state index in [1.54, 1.807) is 7.11 Å². The SMILES string of the molecule is CCn1c2ccccc2c2cc[n+]3c(c21)-c1ccccc1C(CC)(CCOC(C=C(CC(C)C)OC)CC(C)C)C3(C)CC. The van der Waals surface area contributed by atoms with Crippen molar-refractivity contribution in [2.45, 2.75) is 111 Å². The van der Waals surface area contributed by atoms with Gasteiger partial charge in [-0.05, 0) is 61.8 Å². The van der Waals surface area contributed by atoms with Crippen LogP contribution >= 0.6 is 0 Å². The van der Waals surface area contributed by atoms with Crippen LogP contribution in [0.2, 0.25) is 0 Å². The van der Waals surface area contributed by atoms with Gasteiger partial charge in [-0.25, -0.2) is 0 Å². The molecule has 0 amide bonds. The maximum absolute atomic E-state index is 6.81. The minimum Gasteiger partial charge on any atom is -0.501 e. The fourth-order valence-electron chi connectivity index (χ4n) is 8.24. The predicted octanol–water partition coefficient (Wildman–Crippen LogP) is 9.95. The third-order valence-corrected chi connectivity index (χ3v) is 10.5. The first kappa shape index (κ1) is 32.3. The highest BCUT2D eigenvalue weighted by molar-refractivity contribution is 6.11. The molecule has 3 atom stereocenters. The second-order valence-electron chi connectivity index (χ2n) is 13.9. The number of aryl methyl sites for hydroxylation is 1. The molecule has 0 fully saturated rings. The molecule has 1 aliphatic heterocycles. The largest absolute Gasteiger partial charge is 0.501 e. The number of hydrogen-bond donors (Lipinski definition) is 0. The number of fused-ring (bicyclic) bond motifs is 7. The van der Waals surface area contributed by atoms with Crippen LogP contribution in [0, 0.1) is 11.8 Å². The summed E-state index contributed by atoms with van der Waals surface area (Å²) in [4.78, 5) is 0. The van der Waals surface area contributed by atoms with Crippen LogP contribution in [0.5, 0.6) is 0 Å². The lowest BCUT2D eigenvalue weighted by Crippen LogP contribution is -2.68. The van der Waals surface area contributed by atoms with Crippen molar-refractivity contribution >= 4 is 21.8 Å². The molecule has 0 saturated carbocycles. The second-order valence-corrected chi connectivity index (χ2v) is 13.9. The van der Waals surface area contributed by atoms with Gasteiger partial charge < -0.3 is 14.0 Å². The molecule has 1 aliphatic rings. The molecule has 2 aromatic carbocycles. The highest BCUT2D eigenvalue weighted by atomic mass is 16.5. The number of rotatable bonds is 13. The smallest absolute Gasteiger partial charge is 0.237 e. The standard InChI is InChI=1S/C40H55N2O2/c1-10-39(8)40(11-2,22-24-44-31(26-29(6)7)27-30(43-9)25-28(4)5)35-19-15-13-18-34(35)38-37-33(21-23-42(38)39)32-17-14-16-20-36(32)41(37)12-3/h13-21,23,27-29,31H,10-12,22,24-26H2,1-9H3/q+1. The molecule has 4 aromatic rings. The number of pyridine rings is 1. The minimum atomic E-state index is -0.128. The van der Waals surface area contributed by atoms with Crippen LogP contribution in [0.4, 0.5) is 0 Å². The van der Waals surface area contributed by atoms with Crippen molar-refractivity contribution < 1.29 is 14.0 Å². The Bertz CT molecular complexity index is 1630. The number of ether oxygens (including phenoxy) is 2. The Morgan fingerprint density at radius 3 is 2.30 bits per heavy atom. The zero-order valence-electron chi connectivity index (χ0n) is 28.7. The summed E-state index contributed by atoms with van der Waals surface area (Å²) in [6, 6.07) is 20.5. The summed E-state index contributed by atoms with van der Waals surface area (Å²) in [6.07, 6.45) is 9.63. The molecule has 0 aliphatic carbocycles. The number of methoxy groups -OCH3 is 1. The fourth-order valence-corrected chi connectivity index (χ4v) is 8.24. The fraction of sp³-hybridized carbons (Fsp3) is 0.525. The van der Waals surface area contributed by atoms with Crippen LogP contribution in [0.25, 0.3) is 33.1 Å². The molecule has 4 nitrogen and oxygen atoms in total. The third-order valence-electron chi connectivity index (χ3n) is 10.5. The van der Waals surface area contributed by atoms with Gasteiger partial charge in [0.15, 0.2) is 11.7 Å². The Hall–Kier alpha value is -3.11. The van der Waals surface area contributed by atoms with E-state index in [1.165, 1.54) is 38.6 Å². The van der Waals surface area contributed by atoms with Crippen molar-refractivity contribution in [3.05, 3.63) is 78.2 Å². The number of benzene rings is 2. The molecule has 3 unspecified atom stereocenters. The van der Waals surface area contributed by atoms with Crippen LogP contribution in [0.3, 0.4) is 0 Å². The molecule has 0 radical (unpaired) electrons. The summed E-state index contributed by atoms with van der Waals surface area (Å²) in [5, 5.41) is 2.68. The molecule has 236 valence electrons. The summed E-state index contributed by atoms with van der Waals surface area (Å²) < 4.78 is 17.8. The van der Waals surface area contributed by atoms with Crippen molar-refractivity contribution in [3.63, 3.8) is 0 Å². The lowest BCUT2D eigenvalue weighted by molar-refractivity contribution is -0.765. The average molecular weight is 596 g/mol. The highest BCUT2D eigenvalue weighted by Crippen LogP contribution is 2.53. The van der Waals surface area contributed by atoms with E-state index < -0.39 is 0 Å². The molecular formula is C40H55N2O2+. The summed E-state index contributed by atoms with van der Waals surface area (Å²) in [5.41, 5.74) is 6.63. The van der Waals surface area contributed by atoms with E-state index >= 15 is 0 Å². The Labute approximate surface area is 266 Å². The molecule has 3 heterocycles. The molecule has 2 aromatic heterocycles. The van der Waals surface area contributed by atoms with E-state index in [0.717, 1.165) is 44.4 Å². The van der Waals surface area contributed by atoms with Gasteiger partial charge in [0.2, 0.25) is 5.69 Å². The van der Waals surface area contributed by atoms with Gasteiger partial charge in [0.1, 0.15) is 5.52 Å². The molecule has 0 spiro atoms. The molecule has 44 heavy (non-hydrogen) atoms. The zero-order valence-corrected chi connectivity index (χ0v) is 28.7. The molecule has 0 bridgehead atoms. The first-order chi connectivity index (χ1) is 21.1. The Balaban J connectivity index is 1.62. The lowest BCUT2D eigenvalue weighted by Gasteiger charge is -2.48. The van der Waals surface area contributed by atoms with Gasteiger partial charge in [-0.2, -0.15) is 4.57 Å². The lowest BCUT2D eigenvalue weighted by atomic mass is 9.58. The number of nitrogens with zero attached hydrogens (tertiary/aromatic N) is 2. The van der Waals surface area contributed by atoms with Gasteiger partial charge >= 0.3 is 0 Å². The van der Waals surface area contributed by atoms with E-state index in [1.807, 2.05) is 0 Å². The molecular weight excluding hydrogens is 540 g/mol. The number of para-hydroxylation sites is 1. The average Bonchev–Trinajstić information content (AvgIpc) is 3.35. The van der Waals surface area contributed by atoms with Gasteiger partial charge in [-0.3, -0.25) is 0 Å². The number of hydrogen-bond acceptors (Lipinski definition) is 2. The summed E-state index contributed by atoms with van der Waals surface area (Å²) >= 11 is 0. The van der Waals surface area contributed by atoms with Gasteiger partial charge in [-0.15, -0.1) is 0 Å². The normalized spacial score (nSPS) is 20.8. The zero-order chi connectivity index (χ0) is 31.6. The first-order valence-electron chi connectivity index (χ1n) is 17.1. The molecule has 5 rings (SSSR count). The van der Waals surface area contributed by atoms with Gasteiger partial charge in [0.25, 0.3) is 0 Å². The van der Waals surface area contributed by atoms with Crippen LogP contribution in [-0.2, 0) is 27.0 Å². The maximum Gasteiger partial charge on any atom is 0.237 e. The van der Waals surface area contributed by atoms with Crippen LogP contribution in [0.15, 0.2) is 72.6 Å². The summed E-state index contributed by atoms with van der Waals surface area (Å²) in [7, 11) is 1.79. The van der Waals surface area contributed by atoms with E-state index in [4.69, 9.17) is 9.47 Å². The summed E-state index contributed by atoms with van der Waals surface area (Å²) in [6.45, 7) is 20.2. The third kappa shape index (κ3) is 5.38. The summed E-state index contributed by atoms with van der Waals surface area (Å²) in [5.74, 6) is 2.13. The quantitative estimate of drug-likeness (QED) is 0.114. The van der Waals surface area contributed by atoms with E-state index in [-0.39, 0.29) is 17.1 Å². The molecule has 4 heteroatoms. The number of aromatic nitrogens is 2. The highest BCUT2D eigenvalue weighted by Gasteiger charge is 2.59. The van der Waals surface area contributed by atoms with Crippen LogP contribution in [0.1, 0.15) is 93.1 Å². The first-order valence-corrected chi connectivity index (χ1v) is 17.1. The van der Waals surface area contributed by atoms with Crippen molar-refractivity contribution in [2.24, 2.45) is 11.8 Å². The Morgan fingerprint density at radius 1 is 0.909 bits per heavy atom. The predicted molar refractivity (Wildman–Crippen MR) is 185 cm³/mol. The van der Waals surface area contributed by atoms with Gasteiger partial charge in [-0.1, -0.05) is 77.9 Å². The van der Waals surface area contributed by atoms with E-state index in [0.29, 0.717) is 18.4 Å². The molecule has 0 N–H and O–H groups in total. The van der Waals surface area contributed by atoms with Crippen molar-refractivity contribution in [2.75, 3.05) is 13.7 Å². The van der Waals surface area contributed by atoms with Crippen LogP contribution < -0.4 is 4.57 Å².